The number of carbonyl (C=O) groups excluding carboxylic acids is 2. The molecule has 0 saturated carbocycles. The van der Waals surface area contributed by atoms with Crippen LogP contribution in [0.25, 0.3) is 0 Å². The molecule has 3 rings (SSSR count). The van der Waals surface area contributed by atoms with Crippen molar-refractivity contribution in [3.63, 3.8) is 0 Å². The SMILES string of the molecule is CS(=O)(=O)c1ccc(C(=O)NCC(=O)NC(c2ccccc2)c2ccc(Cl)cc2)cc1. The maximum atomic E-state index is 12.6. The summed E-state index contributed by atoms with van der Waals surface area (Å²) in [7, 11) is -3.34. The maximum Gasteiger partial charge on any atom is 0.251 e. The lowest BCUT2D eigenvalue weighted by Crippen LogP contribution is -2.39. The van der Waals surface area contributed by atoms with Gasteiger partial charge in [-0.05, 0) is 47.5 Å². The van der Waals surface area contributed by atoms with E-state index in [1.165, 1.54) is 24.3 Å². The van der Waals surface area contributed by atoms with Crippen molar-refractivity contribution in [3.05, 3.63) is 101 Å². The molecule has 1 atom stereocenters. The molecule has 0 heterocycles. The number of sulfone groups is 1. The predicted molar refractivity (Wildman–Crippen MR) is 120 cm³/mol. The first-order valence-corrected chi connectivity index (χ1v) is 11.7. The number of hydrogen-bond acceptors (Lipinski definition) is 4. The molecule has 0 aliphatic rings. The Balaban J connectivity index is 1.67. The topological polar surface area (TPSA) is 92.3 Å². The van der Waals surface area contributed by atoms with E-state index in [1.54, 1.807) is 12.1 Å². The van der Waals surface area contributed by atoms with Crippen LogP contribution in [0, 0.1) is 0 Å². The molecule has 1 unspecified atom stereocenters. The second kappa shape index (κ2) is 9.76. The number of halogens is 1. The van der Waals surface area contributed by atoms with E-state index in [0.717, 1.165) is 17.4 Å². The van der Waals surface area contributed by atoms with Crippen molar-refractivity contribution >= 4 is 33.3 Å². The Bertz CT molecular complexity index is 1160. The van der Waals surface area contributed by atoms with Gasteiger partial charge in [-0.3, -0.25) is 9.59 Å². The fourth-order valence-electron chi connectivity index (χ4n) is 2.99. The number of rotatable bonds is 7. The highest BCUT2D eigenvalue weighted by atomic mass is 35.5. The first-order valence-electron chi connectivity index (χ1n) is 9.42. The van der Waals surface area contributed by atoms with Gasteiger partial charge in [-0.25, -0.2) is 8.42 Å². The third-order valence-electron chi connectivity index (χ3n) is 4.60. The largest absolute Gasteiger partial charge is 0.344 e. The van der Waals surface area contributed by atoms with E-state index in [-0.39, 0.29) is 22.9 Å². The molecule has 2 amide bonds. The van der Waals surface area contributed by atoms with Crippen LogP contribution in [-0.4, -0.2) is 33.0 Å². The zero-order valence-electron chi connectivity index (χ0n) is 16.7. The van der Waals surface area contributed by atoms with Gasteiger partial charge in [-0.1, -0.05) is 54.1 Å². The van der Waals surface area contributed by atoms with Gasteiger partial charge in [-0.15, -0.1) is 0 Å². The molecule has 8 heteroatoms. The monoisotopic (exact) mass is 456 g/mol. The molecular weight excluding hydrogens is 436 g/mol. The number of hydrogen-bond donors (Lipinski definition) is 2. The van der Waals surface area contributed by atoms with Gasteiger partial charge in [0.2, 0.25) is 5.91 Å². The van der Waals surface area contributed by atoms with Crippen LogP contribution in [0.4, 0.5) is 0 Å². The predicted octanol–water partition coefficient (Wildman–Crippen LogP) is 3.38. The molecular formula is C23H21ClN2O4S. The Morgan fingerprint density at radius 3 is 2.03 bits per heavy atom. The fourth-order valence-corrected chi connectivity index (χ4v) is 3.74. The Labute approximate surface area is 186 Å². The molecule has 0 aliphatic heterocycles. The van der Waals surface area contributed by atoms with Gasteiger partial charge in [0.15, 0.2) is 9.84 Å². The Morgan fingerprint density at radius 2 is 1.45 bits per heavy atom. The van der Waals surface area contributed by atoms with Crippen LogP contribution < -0.4 is 10.6 Å². The van der Waals surface area contributed by atoms with Crippen LogP contribution in [0.5, 0.6) is 0 Å². The van der Waals surface area contributed by atoms with Crippen LogP contribution in [-0.2, 0) is 14.6 Å². The summed E-state index contributed by atoms with van der Waals surface area (Å²) in [5.41, 5.74) is 2.00. The highest BCUT2D eigenvalue weighted by Crippen LogP contribution is 2.23. The van der Waals surface area contributed by atoms with E-state index in [2.05, 4.69) is 10.6 Å². The van der Waals surface area contributed by atoms with Crippen LogP contribution in [0.1, 0.15) is 27.5 Å². The van der Waals surface area contributed by atoms with Crippen molar-refractivity contribution in [1.82, 2.24) is 10.6 Å². The summed E-state index contributed by atoms with van der Waals surface area (Å²) in [5, 5.41) is 6.08. The van der Waals surface area contributed by atoms with Gasteiger partial charge in [-0.2, -0.15) is 0 Å². The van der Waals surface area contributed by atoms with E-state index < -0.39 is 21.8 Å². The van der Waals surface area contributed by atoms with Gasteiger partial charge in [0, 0.05) is 16.8 Å². The molecule has 0 spiro atoms. The second-order valence-corrected chi connectivity index (χ2v) is 9.39. The first kappa shape index (κ1) is 22.5. The third-order valence-corrected chi connectivity index (χ3v) is 5.98. The van der Waals surface area contributed by atoms with E-state index in [4.69, 9.17) is 11.6 Å². The average molecular weight is 457 g/mol. The lowest BCUT2D eigenvalue weighted by atomic mass is 9.98. The molecule has 0 aliphatic carbocycles. The van der Waals surface area contributed by atoms with Gasteiger partial charge < -0.3 is 10.6 Å². The summed E-state index contributed by atoms with van der Waals surface area (Å²) >= 11 is 5.98. The summed E-state index contributed by atoms with van der Waals surface area (Å²) < 4.78 is 23.0. The lowest BCUT2D eigenvalue weighted by molar-refractivity contribution is -0.120. The summed E-state index contributed by atoms with van der Waals surface area (Å²) in [4.78, 5) is 25.0. The van der Waals surface area contributed by atoms with E-state index in [0.29, 0.717) is 5.02 Å². The molecule has 0 radical (unpaired) electrons. The second-order valence-electron chi connectivity index (χ2n) is 6.94. The van der Waals surface area contributed by atoms with E-state index in [9.17, 15) is 18.0 Å². The summed E-state index contributed by atoms with van der Waals surface area (Å²) in [6, 6.07) is 21.8. The zero-order valence-corrected chi connectivity index (χ0v) is 18.3. The standard InChI is InChI=1S/C23H21ClN2O4S/c1-31(29,30)20-13-9-18(10-14-20)23(28)25-15-21(27)26-22(16-5-3-2-4-6-16)17-7-11-19(24)12-8-17/h2-14,22H,15H2,1H3,(H,25,28)(H,26,27). The first-order chi connectivity index (χ1) is 14.7. The van der Waals surface area contributed by atoms with Crippen molar-refractivity contribution < 1.29 is 18.0 Å². The van der Waals surface area contributed by atoms with Crippen molar-refractivity contribution in [2.45, 2.75) is 10.9 Å². The van der Waals surface area contributed by atoms with Crippen molar-refractivity contribution in [3.8, 4) is 0 Å². The molecule has 31 heavy (non-hydrogen) atoms. The molecule has 2 N–H and O–H groups in total. The van der Waals surface area contributed by atoms with Gasteiger partial charge in [0.25, 0.3) is 5.91 Å². The van der Waals surface area contributed by atoms with Crippen LogP contribution in [0.2, 0.25) is 5.02 Å². The molecule has 0 bridgehead atoms. The number of carbonyl (C=O) groups is 2. The number of benzene rings is 3. The molecule has 3 aromatic carbocycles. The highest BCUT2D eigenvalue weighted by Gasteiger charge is 2.18. The fraction of sp³-hybridized carbons (Fsp3) is 0.130. The quantitative estimate of drug-likeness (QED) is 0.570. The highest BCUT2D eigenvalue weighted by molar-refractivity contribution is 7.90. The summed E-state index contributed by atoms with van der Waals surface area (Å²) in [6.07, 6.45) is 1.09. The number of nitrogens with one attached hydrogen (secondary N) is 2. The minimum absolute atomic E-state index is 0.121. The Kier molecular flexibility index (Phi) is 7.09. The molecule has 0 fully saturated rings. The Hall–Kier alpha value is -3.16. The summed E-state index contributed by atoms with van der Waals surface area (Å²) in [5.74, 6) is -0.845. The maximum absolute atomic E-state index is 12.6. The lowest BCUT2D eigenvalue weighted by Gasteiger charge is -2.20. The molecule has 6 nitrogen and oxygen atoms in total. The van der Waals surface area contributed by atoms with E-state index >= 15 is 0 Å². The van der Waals surface area contributed by atoms with Gasteiger partial charge in [0.1, 0.15) is 0 Å². The van der Waals surface area contributed by atoms with Crippen molar-refractivity contribution in [2.24, 2.45) is 0 Å². The molecule has 3 aromatic rings. The van der Waals surface area contributed by atoms with E-state index in [1.807, 2.05) is 42.5 Å². The minimum Gasteiger partial charge on any atom is -0.344 e. The normalized spacial score (nSPS) is 12.1. The van der Waals surface area contributed by atoms with Gasteiger partial charge >= 0.3 is 0 Å². The van der Waals surface area contributed by atoms with Crippen LogP contribution in [0.15, 0.2) is 83.8 Å². The molecule has 0 saturated heterocycles. The van der Waals surface area contributed by atoms with Crippen LogP contribution >= 0.6 is 11.6 Å². The van der Waals surface area contributed by atoms with Crippen molar-refractivity contribution in [2.75, 3.05) is 12.8 Å². The van der Waals surface area contributed by atoms with Gasteiger partial charge in [0.05, 0.1) is 17.5 Å². The Morgan fingerprint density at radius 1 is 0.871 bits per heavy atom. The summed E-state index contributed by atoms with van der Waals surface area (Å²) in [6.45, 7) is -0.233. The third kappa shape index (κ3) is 6.16. The molecule has 0 aromatic heterocycles. The average Bonchev–Trinajstić information content (AvgIpc) is 2.76. The molecule has 160 valence electrons. The zero-order chi connectivity index (χ0) is 22.4. The number of amides is 2. The minimum atomic E-state index is -3.34. The van der Waals surface area contributed by atoms with Crippen LogP contribution in [0.3, 0.4) is 0 Å². The van der Waals surface area contributed by atoms with Crippen molar-refractivity contribution in [1.29, 1.82) is 0 Å². The smallest absolute Gasteiger partial charge is 0.251 e.